The summed E-state index contributed by atoms with van der Waals surface area (Å²) in [5, 5.41) is 53.8. The molecule has 2 aliphatic rings. The van der Waals surface area contributed by atoms with Gasteiger partial charge in [-0.25, -0.2) is 0 Å². The lowest BCUT2D eigenvalue weighted by Crippen LogP contribution is -2.63. The maximum Gasteiger partial charge on any atom is 0.306 e. The fourth-order valence-corrected chi connectivity index (χ4v) is 12.7. The van der Waals surface area contributed by atoms with Crippen molar-refractivity contribution in [1.29, 1.82) is 0 Å². The monoisotopic (exact) mass is 1300 g/mol. The number of rotatable bonds is 65. The lowest BCUT2D eigenvalue weighted by Gasteiger charge is -2.43. The second-order valence-electron chi connectivity index (χ2n) is 27.2. The first-order chi connectivity index (χ1) is 45.1. The highest BCUT2D eigenvalue weighted by Gasteiger charge is 2.63. The summed E-state index contributed by atoms with van der Waals surface area (Å²) >= 11 is 0. The predicted octanol–water partition coefficient (Wildman–Crippen LogP) is 19.1. The van der Waals surface area contributed by atoms with Gasteiger partial charge in [0.1, 0.15) is 37.1 Å². The summed E-state index contributed by atoms with van der Waals surface area (Å²) in [5.41, 5.74) is 0. The lowest BCUT2D eigenvalue weighted by atomic mass is 9.98. The maximum atomic E-state index is 14.0. The van der Waals surface area contributed by atoms with Crippen LogP contribution in [0.5, 0.6) is 0 Å². The molecule has 5 N–H and O–H groups in total. The Hall–Kier alpha value is -2.69. The summed E-state index contributed by atoms with van der Waals surface area (Å²) < 4.78 is 36.7. The van der Waals surface area contributed by atoms with E-state index in [4.69, 9.17) is 28.4 Å². The fraction of sp³-hybridized carbons (Fsp3) is 0.885. The van der Waals surface area contributed by atoms with Gasteiger partial charge in [0.2, 0.25) is 5.79 Å². The molecule has 2 rings (SSSR count). The van der Waals surface area contributed by atoms with Gasteiger partial charge in [0.05, 0.1) is 13.2 Å². The second kappa shape index (κ2) is 60.7. The summed E-state index contributed by atoms with van der Waals surface area (Å²) in [6.45, 7) is 4.57. The molecule has 0 spiro atoms. The van der Waals surface area contributed by atoms with Crippen molar-refractivity contribution < 1.29 is 68.3 Å². The van der Waals surface area contributed by atoms with E-state index in [2.05, 4.69) is 57.2 Å². The average Bonchev–Trinajstić information content (AvgIpc) is 1.57. The summed E-state index contributed by atoms with van der Waals surface area (Å²) in [7, 11) is 0. The topological polar surface area (TPSA) is 208 Å². The van der Waals surface area contributed by atoms with Gasteiger partial charge < -0.3 is 54.0 Å². The molecule has 0 aromatic heterocycles. The molecule has 0 unspecified atom stereocenters. The van der Waals surface area contributed by atoms with Crippen molar-refractivity contribution in [2.24, 2.45) is 0 Å². The molecular weight excluding hydrogens is 1160 g/mol. The first kappa shape index (κ1) is 85.4. The largest absolute Gasteiger partial charge is 0.460 e. The van der Waals surface area contributed by atoms with Crippen molar-refractivity contribution in [2.75, 3.05) is 19.8 Å². The molecule has 2 aliphatic heterocycles. The number of unbranched alkanes of at least 4 members (excludes halogenated alkanes) is 45. The number of ether oxygens (including phenoxy) is 6. The third-order valence-electron chi connectivity index (χ3n) is 18.7. The molecular formula is C78H142O14. The van der Waals surface area contributed by atoms with Crippen LogP contribution in [0, 0.1) is 0 Å². The molecule has 0 aromatic carbocycles. The molecule has 0 bridgehead atoms. The minimum absolute atomic E-state index is 0.0109. The molecule has 0 amide bonds. The van der Waals surface area contributed by atoms with E-state index in [-0.39, 0.29) is 19.3 Å². The van der Waals surface area contributed by atoms with Crippen LogP contribution in [0.2, 0.25) is 0 Å². The van der Waals surface area contributed by atoms with Crippen molar-refractivity contribution >= 4 is 17.9 Å². The van der Waals surface area contributed by atoms with Crippen LogP contribution in [-0.4, -0.2) is 118 Å². The lowest BCUT2D eigenvalue weighted by molar-refractivity contribution is -0.384. The van der Waals surface area contributed by atoms with Gasteiger partial charge in [0, 0.05) is 19.3 Å². The van der Waals surface area contributed by atoms with Gasteiger partial charge >= 0.3 is 17.9 Å². The van der Waals surface area contributed by atoms with E-state index in [0.717, 1.165) is 96.3 Å². The third-order valence-corrected chi connectivity index (χ3v) is 18.7. The number of hydrogen-bond acceptors (Lipinski definition) is 14. The van der Waals surface area contributed by atoms with Crippen molar-refractivity contribution in [3.63, 3.8) is 0 Å². The van der Waals surface area contributed by atoms with Crippen LogP contribution in [0.1, 0.15) is 367 Å². The molecule has 9 atom stereocenters. The zero-order valence-corrected chi connectivity index (χ0v) is 59.3. The van der Waals surface area contributed by atoms with Crippen LogP contribution < -0.4 is 0 Å². The van der Waals surface area contributed by atoms with Crippen LogP contribution in [-0.2, 0) is 42.8 Å². The van der Waals surface area contributed by atoms with E-state index < -0.39 is 92.5 Å². The first-order valence-corrected chi connectivity index (χ1v) is 38.8. The SMILES string of the molecule is CCCCCCCC/C=C\CCCCCCCCCCCC(=O)OC[C@@]1(O[C@H]2O[C@H](CO)[C@@H](O)[C@H](O)[C@H]2O)O[C@H](CO)[C@@H](OC(=O)CCCCCCCCCCC/C=C\CCCCCCCC)[C@@H]1OC(=O)CCCCCCCCCCC/C=C\CCCCCCCC. The number of aliphatic hydroxyl groups excluding tert-OH is 5. The summed E-state index contributed by atoms with van der Waals surface area (Å²) in [6.07, 6.45) is 60.3. The minimum Gasteiger partial charge on any atom is -0.460 e. The number of esters is 3. The van der Waals surface area contributed by atoms with Gasteiger partial charge in [-0.05, 0) is 96.3 Å². The molecule has 14 heteroatoms. The highest BCUT2D eigenvalue weighted by atomic mass is 16.8. The Morgan fingerprint density at radius 2 is 0.652 bits per heavy atom. The fourth-order valence-electron chi connectivity index (χ4n) is 12.7. The van der Waals surface area contributed by atoms with E-state index in [1.54, 1.807) is 0 Å². The number of carbonyl (C=O) groups is 3. The highest BCUT2D eigenvalue weighted by molar-refractivity contribution is 5.71. The molecule has 538 valence electrons. The summed E-state index contributed by atoms with van der Waals surface area (Å²) in [4.78, 5) is 41.4. The van der Waals surface area contributed by atoms with Gasteiger partial charge in [-0.2, -0.15) is 0 Å². The molecule has 2 heterocycles. The molecule has 0 aromatic rings. The normalized spacial score (nSPS) is 21.8. The second-order valence-corrected chi connectivity index (χ2v) is 27.2. The Balaban J connectivity index is 2.02. The Kier molecular flexibility index (Phi) is 56.3. The highest BCUT2D eigenvalue weighted by Crippen LogP contribution is 2.41. The molecule has 0 saturated carbocycles. The predicted molar refractivity (Wildman–Crippen MR) is 374 cm³/mol. The van der Waals surface area contributed by atoms with Crippen LogP contribution in [0.3, 0.4) is 0 Å². The smallest absolute Gasteiger partial charge is 0.306 e. The Morgan fingerprint density at radius 3 is 0.978 bits per heavy atom. The number of carbonyl (C=O) groups excluding carboxylic acids is 3. The maximum absolute atomic E-state index is 14.0. The molecule has 14 nitrogen and oxygen atoms in total. The standard InChI is InChI=1S/C78H142O14/c1-4-7-10-13-16-19-22-25-28-31-34-37-40-43-46-49-52-55-58-61-69(81)87-66-78(92-77-74(86)73(85)72(84)67(64-79)88-77)76(90-71(83)63-60-57-54-51-48-45-42-39-36-33-30-27-24-21-18-15-12-9-6-3)75(68(65-80)91-78)89-70(82)62-59-56-53-50-47-44-41-38-35-32-29-26-23-20-17-14-11-8-5-2/h25-30,67-68,72-77,79-80,84-86H,4-24,31-66H2,1-3H3/b28-25-,29-26-,30-27-/t67-,68-,72-,73+,74-,75-,76+,77-,78+/m1/s1. The van der Waals surface area contributed by atoms with Crippen LogP contribution >= 0.6 is 0 Å². The number of allylic oxidation sites excluding steroid dienone is 6. The Bertz CT molecular complexity index is 1790. The van der Waals surface area contributed by atoms with Gasteiger partial charge in [0.25, 0.3) is 0 Å². The van der Waals surface area contributed by atoms with Crippen molar-refractivity contribution in [1.82, 2.24) is 0 Å². The van der Waals surface area contributed by atoms with E-state index in [0.29, 0.717) is 19.3 Å². The van der Waals surface area contributed by atoms with E-state index >= 15 is 0 Å². The number of aliphatic hydroxyl groups is 5. The van der Waals surface area contributed by atoms with Crippen molar-refractivity contribution in [3.8, 4) is 0 Å². The van der Waals surface area contributed by atoms with Crippen molar-refractivity contribution in [2.45, 2.75) is 422 Å². The summed E-state index contributed by atoms with van der Waals surface area (Å²) in [5.74, 6) is -4.19. The first-order valence-electron chi connectivity index (χ1n) is 38.8. The zero-order chi connectivity index (χ0) is 66.6. The summed E-state index contributed by atoms with van der Waals surface area (Å²) in [6, 6.07) is 0. The quantitative estimate of drug-likeness (QED) is 0.0166. The van der Waals surface area contributed by atoms with Crippen LogP contribution in [0.15, 0.2) is 36.5 Å². The third kappa shape index (κ3) is 43.5. The van der Waals surface area contributed by atoms with Crippen LogP contribution in [0.4, 0.5) is 0 Å². The van der Waals surface area contributed by atoms with Gasteiger partial charge in [-0.3, -0.25) is 14.4 Å². The number of hydrogen-bond donors (Lipinski definition) is 5. The van der Waals surface area contributed by atoms with Gasteiger partial charge in [-0.1, -0.05) is 288 Å². The zero-order valence-electron chi connectivity index (χ0n) is 59.3. The molecule has 2 saturated heterocycles. The Morgan fingerprint density at radius 1 is 0.359 bits per heavy atom. The van der Waals surface area contributed by atoms with Crippen LogP contribution in [0.25, 0.3) is 0 Å². The van der Waals surface area contributed by atoms with E-state index in [9.17, 15) is 39.9 Å². The molecule has 2 fully saturated rings. The van der Waals surface area contributed by atoms with Gasteiger partial charge in [-0.15, -0.1) is 0 Å². The molecule has 0 aliphatic carbocycles. The van der Waals surface area contributed by atoms with E-state index in [1.165, 1.54) is 212 Å². The molecule has 92 heavy (non-hydrogen) atoms. The average molecular weight is 1300 g/mol. The minimum atomic E-state index is -2.34. The van der Waals surface area contributed by atoms with Crippen molar-refractivity contribution in [3.05, 3.63) is 36.5 Å². The van der Waals surface area contributed by atoms with Gasteiger partial charge in [0.15, 0.2) is 18.5 Å². The van der Waals surface area contributed by atoms with E-state index in [1.807, 2.05) is 0 Å². The Labute approximate surface area is 562 Å². The molecule has 0 radical (unpaired) electrons.